The van der Waals surface area contributed by atoms with E-state index in [1.807, 2.05) is 0 Å². The molecule has 1 aliphatic heterocycles. The van der Waals surface area contributed by atoms with Crippen molar-refractivity contribution in [2.45, 2.75) is 45.6 Å². The number of hydrogen-bond acceptors (Lipinski definition) is 2. The van der Waals surface area contributed by atoms with Crippen LogP contribution in [-0.4, -0.2) is 25.8 Å². The van der Waals surface area contributed by atoms with Gasteiger partial charge in [0.25, 0.3) is 0 Å². The van der Waals surface area contributed by atoms with Crippen molar-refractivity contribution in [3.8, 4) is 0 Å². The number of ether oxygens (including phenoxy) is 1. The summed E-state index contributed by atoms with van der Waals surface area (Å²) < 4.78 is 5.40. The zero-order valence-corrected chi connectivity index (χ0v) is 12.3. The van der Waals surface area contributed by atoms with Gasteiger partial charge in [-0.15, -0.1) is 0 Å². The van der Waals surface area contributed by atoms with Crippen LogP contribution in [0.5, 0.6) is 0 Å². The van der Waals surface area contributed by atoms with Crippen LogP contribution in [0.1, 0.15) is 37.3 Å². The summed E-state index contributed by atoms with van der Waals surface area (Å²) >= 11 is 0. The molecule has 0 amide bonds. The molecule has 0 radical (unpaired) electrons. The van der Waals surface area contributed by atoms with Crippen molar-refractivity contribution >= 4 is 0 Å². The lowest BCUT2D eigenvalue weighted by Crippen LogP contribution is -2.33. The Hall–Kier alpha value is -0.860. The van der Waals surface area contributed by atoms with Crippen LogP contribution in [-0.2, 0) is 11.2 Å². The fourth-order valence-corrected chi connectivity index (χ4v) is 2.67. The van der Waals surface area contributed by atoms with E-state index in [-0.39, 0.29) is 0 Å². The van der Waals surface area contributed by atoms with Crippen molar-refractivity contribution in [2.24, 2.45) is 5.92 Å². The molecular formula is C17H27NO. The van der Waals surface area contributed by atoms with Gasteiger partial charge >= 0.3 is 0 Å². The topological polar surface area (TPSA) is 21.3 Å². The molecule has 1 aromatic carbocycles. The molecule has 0 aromatic heterocycles. The largest absolute Gasteiger partial charge is 0.381 e. The first-order valence-electron chi connectivity index (χ1n) is 7.60. The number of nitrogens with one attached hydrogen (secondary N) is 1. The summed E-state index contributed by atoms with van der Waals surface area (Å²) in [6.45, 7) is 7.51. The molecule has 1 heterocycles. The first-order chi connectivity index (χ1) is 9.24. The molecule has 2 nitrogen and oxygen atoms in total. The fourth-order valence-electron chi connectivity index (χ4n) is 2.67. The molecule has 19 heavy (non-hydrogen) atoms. The highest BCUT2D eigenvalue weighted by molar-refractivity contribution is 5.22. The zero-order valence-electron chi connectivity index (χ0n) is 12.3. The minimum atomic E-state index is 0.600. The zero-order chi connectivity index (χ0) is 13.5. The molecule has 2 rings (SSSR count). The Kier molecular flexibility index (Phi) is 5.87. The smallest absolute Gasteiger partial charge is 0.0469 e. The lowest BCUT2D eigenvalue weighted by Gasteiger charge is -2.24. The van der Waals surface area contributed by atoms with Crippen LogP contribution in [0.15, 0.2) is 24.3 Å². The van der Waals surface area contributed by atoms with Crippen molar-refractivity contribution in [1.82, 2.24) is 5.32 Å². The average Bonchev–Trinajstić information content (AvgIpc) is 2.44. The first kappa shape index (κ1) is 14.5. The predicted molar refractivity (Wildman–Crippen MR) is 80.5 cm³/mol. The van der Waals surface area contributed by atoms with Crippen LogP contribution in [0.4, 0.5) is 0 Å². The van der Waals surface area contributed by atoms with Gasteiger partial charge in [-0.2, -0.15) is 0 Å². The van der Waals surface area contributed by atoms with Gasteiger partial charge in [-0.1, -0.05) is 29.8 Å². The van der Waals surface area contributed by atoms with Crippen molar-refractivity contribution < 1.29 is 4.74 Å². The van der Waals surface area contributed by atoms with Gasteiger partial charge < -0.3 is 10.1 Å². The van der Waals surface area contributed by atoms with E-state index in [2.05, 4.69) is 43.4 Å². The molecule has 1 N–H and O–H groups in total. The maximum atomic E-state index is 5.40. The second-order valence-corrected chi connectivity index (χ2v) is 5.89. The number of benzene rings is 1. The maximum absolute atomic E-state index is 5.40. The minimum Gasteiger partial charge on any atom is -0.381 e. The highest BCUT2D eigenvalue weighted by Gasteiger charge is 2.14. The molecule has 1 atom stereocenters. The third kappa shape index (κ3) is 5.33. The molecule has 1 aliphatic rings. The van der Waals surface area contributed by atoms with Gasteiger partial charge in [-0.3, -0.25) is 0 Å². The molecule has 1 saturated heterocycles. The highest BCUT2D eigenvalue weighted by Crippen LogP contribution is 2.14. The Morgan fingerprint density at radius 1 is 1.32 bits per heavy atom. The van der Waals surface area contributed by atoms with Crippen molar-refractivity contribution in [3.05, 3.63) is 35.4 Å². The van der Waals surface area contributed by atoms with Gasteiger partial charge in [0.2, 0.25) is 0 Å². The summed E-state index contributed by atoms with van der Waals surface area (Å²) in [6.07, 6.45) is 4.82. The fraction of sp³-hybridized carbons (Fsp3) is 0.647. The molecule has 0 saturated carbocycles. The van der Waals surface area contributed by atoms with Crippen LogP contribution < -0.4 is 5.32 Å². The normalized spacial score (nSPS) is 18.4. The highest BCUT2D eigenvalue weighted by atomic mass is 16.5. The molecule has 0 spiro atoms. The van der Waals surface area contributed by atoms with Crippen LogP contribution in [0.3, 0.4) is 0 Å². The maximum Gasteiger partial charge on any atom is 0.0469 e. The molecule has 106 valence electrons. The summed E-state index contributed by atoms with van der Waals surface area (Å²) in [5, 5.41) is 3.68. The van der Waals surface area contributed by atoms with Crippen LogP contribution >= 0.6 is 0 Å². The number of rotatable bonds is 6. The van der Waals surface area contributed by atoms with Crippen LogP contribution in [0.25, 0.3) is 0 Å². The summed E-state index contributed by atoms with van der Waals surface area (Å²) in [5.74, 6) is 0.815. The molecule has 0 aliphatic carbocycles. The van der Waals surface area contributed by atoms with Gasteiger partial charge in [-0.05, 0) is 57.6 Å². The van der Waals surface area contributed by atoms with E-state index in [1.54, 1.807) is 0 Å². The standard InChI is InChI=1S/C17H27NO/c1-14-4-3-5-16(12-14)7-6-15(2)18-13-17-8-10-19-11-9-17/h3-5,12,15,17-18H,6-11,13H2,1-2H3. The van der Waals surface area contributed by atoms with Gasteiger partial charge in [0, 0.05) is 19.3 Å². The number of hydrogen-bond donors (Lipinski definition) is 1. The monoisotopic (exact) mass is 261 g/mol. The predicted octanol–water partition coefficient (Wildman–Crippen LogP) is 3.33. The molecule has 1 fully saturated rings. The molecule has 0 bridgehead atoms. The Balaban J connectivity index is 1.65. The van der Waals surface area contributed by atoms with Gasteiger partial charge in [0.1, 0.15) is 0 Å². The third-order valence-electron chi connectivity index (χ3n) is 4.04. The Labute approximate surface area is 117 Å². The van der Waals surface area contributed by atoms with Crippen molar-refractivity contribution in [3.63, 3.8) is 0 Å². The first-order valence-corrected chi connectivity index (χ1v) is 7.60. The molecule has 1 aromatic rings. The van der Waals surface area contributed by atoms with Gasteiger partial charge in [0.05, 0.1) is 0 Å². The van der Waals surface area contributed by atoms with E-state index >= 15 is 0 Å². The van der Waals surface area contributed by atoms with Crippen LogP contribution in [0.2, 0.25) is 0 Å². The van der Waals surface area contributed by atoms with E-state index < -0.39 is 0 Å². The Morgan fingerprint density at radius 3 is 2.84 bits per heavy atom. The number of aryl methyl sites for hydroxylation is 2. The lowest BCUT2D eigenvalue weighted by molar-refractivity contribution is 0.0655. The summed E-state index contributed by atoms with van der Waals surface area (Å²) in [7, 11) is 0. The quantitative estimate of drug-likeness (QED) is 0.848. The lowest BCUT2D eigenvalue weighted by atomic mass is 9.99. The van der Waals surface area contributed by atoms with E-state index in [0.29, 0.717) is 6.04 Å². The van der Waals surface area contributed by atoms with Crippen molar-refractivity contribution in [2.75, 3.05) is 19.8 Å². The second-order valence-electron chi connectivity index (χ2n) is 5.89. The van der Waals surface area contributed by atoms with E-state index in [4.69, 9.17) is 4.74 Å². The minimum absolute atomic E-state index is 0.600. The summed E-state index contributed by atoms with van der Waals surface area (Å²) in [6, 6.07) is 9.45. The molecule has 2 heteroatoms. The Morgan fingerprint density at radius 2 is 2.11 bits per heavy atom. The Bertz CT molecular complexity index is 371. The average molecular weight is 261 g/mol. The van der Waals surface area contributed by atoms with Gasteiger partial charge in [-0.25, -0.2) is 0 Å². The van der Waals surface area contributed by atoms with Crippen molar-refractivity contribution in [1.29, 1.82) is 0 Å². The van der Waals surface area contributed by atoms with E-state index in [1.165, 1.54) is 36.8 Å². The van der Waals surface area contributed by atoms with E-state index in [9.17, 15) is 0 Å². The van der Waals surface area contributed by atoms with Crippen LogP contribution in [0, 0.1) is 12.8 Å². The SMILES string of the molecule is Cc1cccc(CCC(C)NCC2CCOCC2)c1. The third-order valence-corrected chi connectivity index (χ3v) is 4.04. The summed E-state index contributed by atoms with van der Waals surface area (Å²) in [4.78, 5) is 0. The van der Waals surface area contributed by atoms with Gasteiger partial charge in [0.15, 0.2) is 0 Å². The second kappa shape index (κ2) is 7.66. The molecule has 1 unspecified atom stereocenters. The molecular weight excluding hydrogens is 234 g/mol. The van der Waals surface area contributed by atoms with E-state index in [0.717, 1.165) is 25.7 Å². The summed E-state index contributed by atoms with van der Waals surface area (Å²) in [5.41, 5.74) is 2.82.